The zero-order chi connectivity index (χ0) is 20.8. The summed E-state index contributed by atoms with van der Waals surface area (Å²) in [5, 5.41) is 0. The first-order valence-corrected chi connectivity index (χ1v) is 6.96. The Labute approximate surface area is 142 Å². The van der Waals surface area contributed by atoms with E-state index in [-0.39, 0.29) is 0 Å². The molecule has 0 amide bonds. The third-order valence-corrected chi connectivity index (χ3v) is 2.93. The van der Waals surface area contributed by atoms with Crippen LogP contribution in [0.15, 0.2) is 0 Å². The molecule has 6 nitrogen and oxygen atoms in total. The molecule has 0 aliphatic heterocycles. The van der Waals surface area contributed by atoms with Crippen molar-refractivity contribution in [3.05, 3.63) is 0 Å². The molecule has 13 heteroatoms. The number of ether oxygens (including phenoxy) is 3. The van der Waals surface area contributed by atoms with Gasteiger partial charge in [0.2, 0.25) is 0 Å². The summed E-state index contributed by atoms with van der Waals surface area (Å²) in [4.78, 5) is 33.4. The highest BCUT2D eigenvalue weighted by molar-refractivity contribution is 5.79. The number of alkyl halides is 7. The van der Waals surface area contributed by atoms with Crippen molar-refractivity contribution in [1.29, 1.82) is 0 Å². The van der Waals surface area contributed by atoms with Gasteiger partial charge in [0.1, 0.15) is 0 Å². The first kappa shape index (κ1) is 23.9. The fourth-order valence-corrected chi connectivity index (χ4v) is 1.13. The van der Waals surface area contributed by atoms with Crippen molar-refractivity contribution in [1.82, 2.24) is 0 Å². The molecular formula is C13H15F7O6. The molecule has 152 valence electrons. The van der Waals surface area contributed by atoms with E-state index >= 15 is 0 Å². The molecule has 0 fully saturated rings. The molecule has 0 aromatic heterocycles. The van der Waals surface area contributed by atoms with E-state index in [4.69, 9.17) is 0 Å². The molecule has 0 bridgehead atoms. The van der Waals surface area contributed by atoms with E-state index in [0.717, 1.165) is 0 Å². The molecular weight excluding hydrogens is 385 g/mol. The Morgan fingerprint density at radius 2 is 1.31 bits per heavy atom. The standard InChI is InChI=1S/C13H15F7O6/c1-3-7(2)10(23)25-5-8(21)24-4-9(22)26-6-11(14,15)12(16,17)13(18,19)20/h7H,3-6H2,1-2H3. The SMILES string of the molecule is CCC(C)C(=O)OCC(=O)OCC(=O)OCC(F)(F)C(F)(F)C(F)(F)F. The van der Waals surface area contributed by atoms with Gasteiger partial charge in [-0.05, 0) is 6.42 Å². The van der Waals surface area contributed by atoms with Crippen molar-refractivity contribution in [2.24, 2.45) is 5.92 Å². The lowest BCUT2D eigenvalue weighted by atomic mass is 10.1. The summed E-state index contributed by atoms with van der Waals surface area (Å²) in [5.41, 5.74) is 0. The monoisotopic (exact) mass is 400 g/mol. The fourth-order valence-electron chi connectivity index (χ4n) is 1.13. The quantitative estimate of drug-likeness (QED) is 0.336. The predicted molar refractivity (Wildman–Crippen MR) is 68.3 cm³/mol. The van der Waals surface area contributed by atoms with Gasteiger partial charge >= 0.3 is 35.9 Å². The summed E-state index contributed by atoms with van der Waals surface area (Å²) in [6.07, 6.45) is -6.15. The molecule has 1 unspecified atom stereocenters. The largest absolute Gasteiger partial charge is 0.460 e. The Balaban J connectivity index is 4.36. The number of carbonyl (C=O) groups excluding carboxylic acids is 3. The lowest BCUT2D eigenvalue weighted by Gasteiger charge is -2.27. The molecule has 0 heterocycles. The van der Waals surface area contributed by atoms with E-state index in [0.29, 0.717) is 6.42 Å². The molecule has 0 radical (unpaired) electrons. The molecule has 0 aliphatic carbocycles. The number of hydrogen-bond donors (Lipinski definition) is 0. The van der Waals surface area contributed by atoms with Crippen molar-refractivity contribution in [3.8, 4) is 0 Å². The molecule has 0 saturated carbocycles. The third-order valence-electron chi connectivity index (χ3n) is 2.93. The predicted octanol–water partition coefficient (Wildman–Crippen LogP) is 2.50. The minimum absolute atomic E-state index is 0.414. The van der Waals surface area contributed by atoms with Crippen molar-refractivity contribution in [2.45, 2.75) is 38.3 Å². The van der Waals surface area contributed by atoms with Gasteiger partial charge in [0.25, 0.3) is 0 Å². The van der Waals surface area contributed by atoms with Crippen molar-refractivity contribution in [3.63, 3.8) is 0 Å². The van der Waals surface area contributed by atoms with E-state index in [2.05, 4.69) is 14.2 Å². The Kier molecular flexibility index (Phi) is 8.31. The zero-order valence-electron chi connectivity index (χ0n) is 13.5. The molecule has 0 aromatic rings. The van der Waals surface area contributed by atoms with Crippen molar-refractivity contribution < 1.29 is 59.3 Å². The van der Waals surface area contributed by atoms with E-state index in [1.807, 2.05) is 0 Å². The Morgan fingerprint density at radius 1 is 0.846 bits per heavy atom. The lowest BCUT2D eigenvalue weighted by molar-refractivity contribution is -0.359. The van der Waals surface area contributed by atoms with Crippen LogP contribution in [0.5, 0.6) is 0 Å². The first-order chi connectivity index (χ1) is 11.7. The van der Waals surface area contributed by atoms with Gasteiger partial charge in [-0.25, -0.2) is 9.59 Å². The fraction of sp³-hybridized carbons (Fsp3) is 0.769. The maximum absolute atomic E-state index is 12.9. The van der Waals surface area contributed by atoms with Gasteiger partial charge in [-0.3, -0.25) is 4.79 Å². The number of hydrogen-bond acceptors (Lipinski definition) is 6. The molecule has 26 heavy (non-hydrogen) atoms. The number of rotatable bonds is 9. The molecule has 0 aromatic carbocycles. The van der Waals surface area contributed by atoms with Crippen LogP contribution in [-0.2, 0) is 28.6 Å². The highest BCUT2D eigenvalue weighted by Gasteiger charge is 2.73. The Morgan fingerprint density at radius 3 is 1.77 bits per heavy atom. The lowest BCUT2D eigenvalue weighted by Crippen LogP contribution is -2.54. The maximum atomic E-state index is 12.9. The molecule has 0 N–H and O–H groups in total. The highest BCUT2D eigenvalue weighted by Crippen LogP contribution is 2.46. The number of esters is 3. The van der Waals surface area contributed by atoms with Gasteiger partial charge in [0.15, 0.2) is 19.8 Å². The average Bonchev–Trinajstić information content (AvgIpc) is 2.53. The molecule has 0 rings (SSSR count). The van der Waals surface area contributed by atoms with Gasteiger partial charge in [0.05, 0.1) is 5.92 Å². The second-order valence-corrected chi connectivity index (χ2v) is 5.01. The van der Waals surface area contributed by atoms with Crippen molar-refractivity contribution >= 4 is 17.9 Å². The van der Waals surface area contributed by atoms with Gasteiger partial charge in [-0.2, -0.15) is 30.7 Å². The van der Waals surface area contributed by atoms with E-state index < -0.39 is 61.7 Å². The maximum Gasteiger partial charge on any atom is 0.460 e. The number of halogens is 7. The minimum atomic E-state index is -6.56. The van der Waals surface area contributed by atoms with E-state index in [1.165, 1.54) is 6.92 Å². The zero-order valence-corrected chi connectivity index (χ0v) is 13.5. The molecule has 0 aliphatic rings. The minimum Gasteiger partial charge on any atom is -0.456 e. The van der Waals surface area contributed by atoms with Gasteiger partial charge in [-0.1, -0.05) is 13.8 Å². The Hall–Kier alpha value is -2.08. The summed E-state index contributed by atoms with van der Waals surface area (Å²) in [5.74, 6) is -16.5. The van der Waals surface area contributed by atoms with Crippen LogP contribution in [0.25, 0.3) is 0 Å². The normalized spacial score (nSPS) is 13.7. The first-order valence-electron chi connectivity index (χ1n) is 6.96. The van der Waals surface area contributed by atoms with Gasteiger partial charge in [0, 0.05) is 0 Å². The summed E-state index contributed by atoms with van der Waals surface area (Å²) in [6, 6.07) is 0. The van der Waals surface area contributed by atoms with Crippen LogP contribution in [0.4, 0.5) is 30.7 Å². The van der Waals surface area contributed by atoms with Crippen LogP contribution in [0.2, 0.25) is 0 Å². The second kappa shape index (κ2) is 9.03. The smallest absolute Gasteiger partial charge is 0.456 e. The van der Waals surface area contributed by atoms with Crippen LogP contribution >= 0.6 is 0 Å². The van der Waals surface area contributed by atoms with Crippen LogP contribution in [0, 0.1) is 5.92 Å². The van der Waals surface area contributed by atoms with E-state index in [1.54, 1.807) is 6.92 Å². The summed E-state index contributed by atoms with van der Waals surface area (Å²) >= 11 is 0. The molecule has 0 saturated heterocycles. The second-order valence-electron chi connectivity index (χ2n) is 5.01. The highest BCUT2D eigenvalue weighted by atomic mass is 19.4. The van der Waals surface area contributed by atoms with E-state index in [9.17, 15) is 45.1 Å². The van der Waals surface area contributed by atoms with Crippen LogP contribution < -0.4 is 0 Å². The summed E-state index contributed by atoms with van der Waals surface area (Å²) < 4.78 is 98.6. The van der Waals surface area contributed by atoms with Crippen LogP contribution in [0.3, 0.4) is 0 Å². The molecule has 0 spiro atoms. The summed E-state index contributed by atoms with van der Waals surface area (Å²) in [6.45, 7) is -1.69. The number of carbonyl (C=O) groups is 3. The summed E-state index contributed by atoms with van der Waals surface area (Å²) in [7, 11) is 0. The molecule has 1 atom stereocenters. The van der Waals surface area contributed by atoms with Crippen LogP contribution in [0.1, 0.15) is 20.3 Å². The topological polar surface area (TPSA) is 78.9 Å². The Bertz CT molecular complexity index is 518. The van der Waals surface area contributed by atoms with Crippen LogP contribution in [-0.4, -0.2) is 55.7 Å². The van der Waals surface area contributed by atoms with Gasteiger partial charge < -0.3 is 14.2 Å². The third kappa shape index (κ3) is 6.67. The average molecular weight is 400 g/mol. The van der Waals surface area contributed by atoms with Crippen molar-refractivity contribution in [2.75, 3.05) is 19.8 Å². The van der Waals surface area contributed by atoms with Gasteiger partial charge in [-0.15, -0.1) is 0 Å².